The summed E-state index contributed by atoms with van der Waals surface area (Å²) in [7, 11) is 0. The van der Waals surface area contributed by atoms with Crippen LogP contribution in [0, 0.1) is 0 Å². The zero-order chi connectivity index (χ0) is 24.6. The van der Waals surface area contributed by atoms with E-state index in [4.69, 9.17) is 9.47 Å². The lowest BCUT2D eigenvalue weighted by atomic mass is 10.0. The van der Waals surface area contributed by atoms with Gasteiger partial charge in [-0.05, 0) is 31.9 Å². The van der Waals surface area contributed by atoms with Crippen LogP contribution < -0.4 is 5.32 Å². The molecule has 34 heavy (non-hydrogen) atoms. The van der Waals surface area contributed by atoms with Crippen molar-refractivity contribution in [2.75, 3.05) is 26.2 Å². The molecule has 2 aromatic rings. The van der Waals surface area contributed by atoms with Gasteiger partial charge in [0.2, 0.25) is 5.91 Å². The van der Waals surface area contributed by atoms with Crippen molar-refractivity contribution in [1.29, 1.82) is 0 Å². The standard InChI is InChI=1S/C26H33N3O5/c1-26(2,3)34-24(31)27-22(18-20-10-6-4-7-11-20)23(30)28-14-16-29(17-15-28)25(32)33-19-21-12-8-5-9-13-21/h4-13,22H,14-19H2,1-3H3,(H,27,31). The van der Waals surface area contributed by atoms with E-state index >= 15 is 0 Å². The minimum absolute atomic E-state index is 0.202. The Hall–Kier alpha value is -3.55. The molecule has 1 aliphatic rings. The summed E-state index contributed by atoms with van der Waals surface area (Å²) in [5, 5.41) is 2.73. The van der Waals surface area contributed by atoms with Gasteiger partial charge in [-0.1, -0.05) is 60.7 Å². The minimum Gasteiger partial charge on any atom is -0.445 e. The van der Waals surface area contributed by atoms with Crippen molar-refractivity contribution < 1.29 is 23.9 Å². The van der Waals surface area contributed by atoms with E-state index in [1.54, 1.807) is 30.6 Å². The van der Waals surface area contributed by atoms with Gasteiger partial charge in [0.15, 0.2) is 0 Å². The number of carbonyl (C=O) groups is 3. The molecule has 182 valence electrons. The number of alkyl carbamates (subject to hydrolysis) is 1. The van der Waals surface area contributed by atoms with E-state index in [-0.39, 0.29) is 12.5 Å². The maximum atomic E-state index is 13.3. The topological polar surface area (TPSA) is 88.2 Å². The molecule has 1 unspecified atom stereocenters. The minimum atomic E-state index is -0.770. The molecule has 1 fully saturated rings. The lowest BCUT2D eigenvalue weighted by molar-refractivity contribution is -0.135. The first kappa shape index (κ1) is 25.1. The van der Waals surface area contributed by atoms with Crippen molar-refractivity contribution in [3.63, 3.8) is 0 Å². The highest BCUT2D eigenvalue weighted by Gasteiger charge is 2.31. The molecular formula is C26H33N3O5. The third-order valence-corrected chi connectivity index (χ3v) is 5.33. The van der Waals surface area contributed by atoms with Gasteiger partial charge in [0.25, 0.3) is 0 Å². The number of piperazine rings is 1. The molecule has 1 N–H and O–H groups in total. The maximum Gasteiger partial charge on any atom is 0.410 e. The van der Waals surface area contributed by atoms with Crippen molar-refractivity contribution in [2.24, 2.45) is 0 Å². The van der Waals surface area contributed by atoms with Crippen LogP contribution in [0.15, 0.2) is 60.7 Å². The highest BCUT2D eigenvalue weighted by Crippen LogP contribution is 2.13. The van der Waals surface area contributed by atoms with E-state index in [9.17, 15) is 14.4 Å². The summed E-state index contributed by atoms with van der Waals surface area (Å²) in [6, 6.07) is 18.2. The molecule has 1 atom stereocenters. The molecule has 8 heteroatoms. The number of ether oxygens (including phenoxy) is 2. The van der Waals surface area contributed by atoms with E-state index in [0.717, 1.165) is 11.1 Å². The molecule has 1 aliphatic heterocycles. The fourth-order valence-electron chi connectivity index (χ4n) is 3.64. The predicted molar refractivity (Wildman–Crippen MR) is 128 cm³/mol. The molecule has 1 heterocycles. The Morgan fingerprint density at radius 1 is 0.853 bits per heavy atom. The number of benzene rings is 2. The van der Waals surface area contributed by atoms with Gasteiger partial charge in [-0.25, -0.2) is 9.59 Å². The van der Waals surface area contributed by atoms with Crippen molar-refractivity contribution in [1.82, 2.24) is 15.1 Å². The van der Waals surface area contributed by atoms with Gasteiger partial charge in [0.05, 0.1) is 0 Å². The normalized spacial score (nSPS) is 14.8. The Labute approximate surface area is 200 Å². The summed E-state index contributed by atoms with van der Waals surface area (Å²) in [5.41, 5.74) is 1.18. The molecule has 3 rings (SSSR count). The first-order chi connectivity index (χ1) is 16.2. The molecule has 2 aromatic carbocycles. The lowest BCUT2D eigenvalue weighted by Gasteiger charge is -2.36. The van der Waals surface area contributed by atoms with Crippen molar-refractivity contribution in [3.8, 4) is 0 Å². The quantitative estimate of drug-likeness (QED) is 0.701. The van der Waals surface area contributed by atoms with E-state index in [1.165, 1.54) is 0 Å². The maximum absolute atomic E-state index is 13.3. The van der Waals surface area contributed by atoms with Gasteiger partial charge in [-0.15, -0.1) is 0 Å². The number of nitrogens with zero attached hydrogens (tertiary/aromatic N) is 2. The van der Waals surface area contributed by atoms with Gasteiger partial charge >= 0.3 is 12.2 Å². The Morgan fingerprint density at radius 3 is 1.94 bits per heavy atom. The van der Waals surface area contributed by atoms with Gasteiger partial charge < -0.3 is 24.6 Å². The summed E-state index contributed by atoms with van der Waals surface area (Å²) in [4.78, 5) is 41.4. The monoisotopic (exact) mass is 467 g/mol. The number of nitrogens with one attached hydrogen (secondary N) is 1. The largest absolute Gasteiger partial charge is 0.445 e. The number of amides is 3. The van der Waals surface area contributed by atoms with Crippen LogP contribution in [0.5, 0.6) is 0 Å². The van der Waals surface area contributed by atoms with Gasteiger partial charge in [0.1, 0.15) is 18.2 Å². The lowest BCUT2D eigenvalue weighted by Crippen LogP contribution is -2.56. The average Bonchev–Trinajstić information content (AvgIpc) is 2.82. The van der Waals surface area contributed by atoms with E-state index in [0.29, 0.717) is 32.6 Å². The number of carbonyl (C=O) groups excluding carboxylic acids is 3. The first-order valence-corrected chi connectivity index (χ1v) is 11.5. The second kappa shape index (κ2) is 11.5. The molecule has 0 saturated carbocycles. The van der Waals surface area contributed by atoms with Crippen LogP contribution in [-0.4, -0.2) is 65.7 Å². The molecule has 0 aliphatic carbocycles. The van der Waals surface area contributed by atoms with Crippen LogP contribution in [0.2, 0.25) is 0 Å². The fourth-order valence-corrected chi connectivity index (χ4v) is 3.64. The zero-order valence-corrected chi connectivity index (χ0v) is 20.0. The summed E-state index contributed by atoms with van der Waals surface area (Å²) in [6.45, 7) is 6.98. The third kappa shape index (κ3) is 7.79. The van der Waals surface area contributed by atoms with Gasteiger partial charge in [-0.2, -0.15) is 0 Å². The van der Waals surface area contributed by atoms with Gasteiger partial charge in [0, 0.05) is 32.6 Å². The SMILES string of the molecule is CC(C)(C)OC(=O)NC(Cc1ccccc1)C(=O)N1CCN(C(=O)OCc2ccccc2)CC1. The molecule has 1 saturated heterocycles. The number of hydrogen-bond donors (Lipinski definition) is 1. The van der Waals surface area contributed by atoms with Gasteiger partial charge in [-0.3, -0.25) is 4.79 Å². The average molecular weight is 468 g/mol. The van der Waals surface area contributed by atoms with E-state index < -0.39 is 23.8 Å². The molecule has 0 aromatic heterocycles. The Bertz CT molecular complexity index is 951. The summed E-state index contributed by atoms with van der Waals surface area (Å²) >= 11 is 0. The van der Waals surface area contributed by atoms with Crippen molar-refractivity contribution in [2.45, 2.75) is 45.4 Å². The van der Waals surface area contributed by atoms with Crippen LogP contribution >= 0.6 is 0 Å². The van der Waals surface area contributed by atoms with Crippen molar-refractivity contribution >= 4 is 18.1 Å². The Kier molecular flexibility index (Phi) is 8.51. The molecule has 8 nitrogen and oxygen atoms in total. The number of hydrogen-bond acceptors (Lipinski definition) is 5. The predicted octanol–water partition coefficient (Wildman–Crippen LogP) is 3.60. The molecule has 0 radical (unpaired) electrons. The Morgan fingerprint density at radius 2 is 1.38 bits per heavy atom. The summed E-state index contributed by atoms with van der Waals surface area (Å²) in [5.74, 6) is -0.202. The summed E-state index contributed by atoms with van der Waals surface area (Å²) < 4.78 is 10.8. The molecule has 0 bridgehead atoms. The molecule has 3 amide bonds. The zero-order valence-electron chi connectivity index (χ0n) is 20.0. The fraction of sp³-hybridized carbons (Fsp3) is 0.423. The van der Waals surface area contributed by atoms with Crippen LogP contribution in [0.1, 0.15) is 31.9 Å². The summed E-state index contributed by atoms with van der Waals surface area (Å²) in [6.07, 6.45) is -0.688. The second-order valence-electron chi connectivity index (χ2n) is 9.24. The highest BCUT2D eigenvalue weighted by atomic mass is 16.6. The van der Waals surface area contributed by atoms with Crippen LogP contribution in [0.4, 0.5) is 9.59 Å². The van der Waals surface area contributed by atoms with Crippen LogP contribution in [0.3, 0.4) is 0 Å². The highest BCUT2D eigenvalue weighted by molar-refractivity contribution is 5.86. The van der Waals surface area contributed by atoms with Crippen molar-refractivity contribution in [3.05, 3.63) is 71.8 Å². The molecular weight excluding hydrogens is 434 g/mol. The smallest absolute Gasteiger partial charge is 0.410 e. The van der Waals surface area contributed by atoms with E-state index in [1.807, 2.05) is 60.7 Å². The second-order valence-corrected chi connectivity index (χ2v) is 9.24. The van der Waals surface area contributed by atoms with Crippen LogP contribution in [0.25, 0.3) is 0 Å². The third-order valence-electron chi connectivity index (χ3n) is 5.33. The first-order valence-electron chi connectivity index (χ1n) is 11.5. The van der Waals surface area contributed by atoms with Crippen LogP contribution in [-0.2, 0) is 27.3 Å². The van der Waals surface area contributed by atoms with E-state index in [2.05, 4.69) is 5.32 Å². The number of rotatable bonds is 6. The molecule has 0 spiro atoms. The Balaban J connectivity index is 1.57.